The number of phosphoric acid groups is 1. The maximum absolute atomic E-state index is 12.2. The number of hydrogen-bond donors (Lipinski definition) is 4. The quantitative estimate of drug-likeness (QED) is 0.192. The first-order valence-corrected chi connectivity index (χ1v) is 14.6. The summed E-state index contributed by atoms with van der Waals surface area (Å²) in [6.07, 6.45) is 2.82. The molecule has 2 fully saturated rings. The number of phosphoric ester groups is 1. The molecule has 0 bridgehead atoms. The van der Waals surface area contributed by atoms with Crippen LogP contribution in [-0.4, -0.2) is 77.2 Å². The molecule has 0 saturated carbocycles. The van der Waals surface area contributed by atoms with Gasteiger partial charge in [0.15, 0.2) is 17.7 Å². The Morgan fingerprint density at radius 2 is 2.06 bits per heavy atom. The fraction of sp³-hybridized carbons (Fsp3) is 0.722. The highest BCUT2D eigenvalue weighted by Crippen LogP contribution is 2.45. The second kappa shape index (κ2) is 11.2. The molecule has 0 spiro atoms. The number of nitrogens with two attached hydrogens (primary N) is 1. The normalized spacial score (nSPS) is 29.6. The van der Waals surface area contributed by atoms with Crippen LogP contribution < -0.4 is 5.73 Å². The lowest BCUT2D eigenvalue weighted by Gasteiger charge is -2.17. The summed E-state index contributed by atoms with van der Waals surface area (Å²) in [4.78, 5) is 22.0. The van der Waals surface area contributed by atoms with Crippen molar-refractivity contribution in [2.75, 3.05) is 24.7 Å². The van der Waals surface area contributed by atoms with Crippen LogP contribution in [0, 0.1) is 0 Å². The molecule has 0 aromatic carbocycles. The minimum atomic E-state index is -4.32. The van der Waals surface area contributed by atoms with Crippen LogP contribution >= 0.6 is 29.4 Å². The van der Waals surface area contributed by atoms with Crippen LogP contribution in [0.5, 0.6) is 0 Å². The van der Waals surface area contributed by atoms with E-state index in [1.165, 1.54) is 29.4 Å². The Morgan fingerprint density at radius 3 is 2.85 bits per heavy atom. The zero-order valence-electron chi connectivity index (χ0n) is 17.8. The fourth-order valence-electron chi connectivity index (χ4n) is 3.75. The minimum Gasteiger partial charge on any atom is -0.387 e. The van der Waals surface area contributed by atoms with Gasteiger partial charge in [-0.05, 0) is 19.3 Å². The molecule has 2 aliphatic heterocycles. The molecule has 2 aromatic rings. The molecule has 184 valence electrons. The Bertz CT molecular complexity index is 979. The van der Waals surface area contributed by atoms with Gasteiger partial charge >= 0.3 is 7.82 Å². The van der Waals surface area contributed by atoms with Crippen LogP contribution in [-0.2, 0) is 18.3 Å². The average Bonchev–Trinajstić information content (AvgIpc) is 3.51. The number of ether oxygens (including phenoxy) is 1. The van der Waals surface area contributed by atoms with Crippen LogP contribution in [0.4, 0.5) is 5.82 Å². The van der Waals surface area contributed by atoms with Crippen molar-refractivity contribution in [2.45, 2.75) is 61.9 Å². The van der Waals surface area contributed by atoms with Crippen molar-refractivity contribution in [3.63, 3.8) is 0 Å². The van der Waals surface area contributed by atoms with E-state index in [2.05, 4.69) is 15.0 Å². The molecule has 12 nitrogen and oxygen atoms in total. The lowest BCUT2D eigenvalue weighted by atomic mass is 10.1. The molecule has 33 heavy (non-hydrogen) atoms. The summed E-state index contributed by atoms with van der Waals surface area (Å²) in [7, 11) is -0.462. The van der Waals surface area contributed by atoms with E-state index in [-0.39, 0.29) is 12.4 Å². The average molecular weight is 522 g/mol. The predicted molar refractivity (Wildman–Crippen MR) is 124 cm³/mol. The number of anilines is 1. The van der Waals surface area contributed by atoms with Crippen LogP contribution in [0.3, 0.4) is 0 Å². The summed E-state index contributed by atoms with van der Waals surface area (Å²) < 4.78 is 29.3. The number of rotatable bonds is 11. The lowest BCUT2D eigenvalue weighted by Crippen LogP contribution is -2.33. The highest BCUT2D eigenvalue weighted by molar-refractivity contribution is 8.77. The highest BCUT2D eigenvalue weighted by Gasteiger charge is 2.45. The number of fused-ring (bicyclic) bond motifs is 1. The van der Waals surface area contributed by atoms with Crippen molar-refractivity contribution in [2.24, 2.45) is 0 Å². The number of aliphatic hydroxyl groups excluding tert-OH is 2. The number of imidazole rings is 1. The molecule has 15 heteroatoms. The molecule has 5 N–H and O–H groups in total. The molecule has 2 aliphatic rings. The molecule has 0 amide bonds. The van der Waals surface area contributed by atoms with E-state index in [1.807, 2.05) is 21.6 Å². The Balaban J connectivity index is 1.23. The molecule has 4 rings (SSSR count). The zero-order valence-corrected chi connectivity index (χ0v) is 20.3. The molecule has 2 aromatic heterocycles. The second-order valence-corrected chi connectivity index (χ2v) is 12.1. The van der Waals surface area contributed by atoms with Gasteiger partial charge in [-0.1, -0.05) is 34.4 Å². The highest BCUT2D eigenvalue weighted by atomic mass is 33.1. The van der Waals surface area contributed by atoms with E-state index >= 15 is 0 Å². The van der Waals surface area contributed by atoms with E-state index in [1.54, 1.807) is 0 Å². The van der Waals surface area contributed by atoms with E-state index in [0.29, 0.717) is 22.8 Å². The van der Waals surface area contributed by atoms with Gasteiger partial charge in [-0.2, -0.15) is 0 Å². The summed E-state index contributed by atoms with van der Waals surface area (Å²) in [5.74, 6) is 1.38. The molecular weight excluding hydrogens is 493 g/mol. The van der Waals surface area contributed by atoms with Gasteiger partial charge < -0.3 is 25.6 Å². The van der Waals surface area contributed by atoms with Crippen LogP contribution in [0.15, 0.2) is 12.7 Å². The summed E-state index contributed by atoms with van der Waals surface area (Å²) in [5.41, 5.74) is 6.43. The van der Waals surface area contributed by atoms with Crippen molar-refractivity contribution in [1.29, 1.82) is 0 Å². The monoisotopic (exact) mass is 521 g/mol. The lowest BCUT2D eigenvalue weighted by molar-refractivity contribution is -0.0514. The number of nitrogens with zero attached hydrogens (tertiary/aromatic N) is 4. The first-order chi connectivity index (χ1) is 15.9. The van der Waals surface area contributed by atoms with Crippen molar-refractivity contribution in [1.82, 2.24) is 19.5 Å². The maximum Gasteiger partial charge on any atom is 0.472 e. The van der Waals surface area contributed by atoms with E-state index in [0.717, 1.165) is 19.3 Å². The van der Waals surface area contributed by atoms with Gasteiger partial charge in [0.25, 0.3) is 0 Å². The smallest absolute Gasteiger partial charge is 0.387 e. The van der Waals surface area contributed by atoms with Crippen LogP contribution in [0.25, 0.3) is 11.2 Å². The van der Waals surface area contributed by atoms with Crippen LogP contribution in [0.2, 0.25) is 0 Å². The molecule has 1 unspecified atom stereocenters. The number of hydrogen-bond acceptors (Lipinski definition) is 12. The fourth-order valence-corrected chi connectivity index (χ4v) is 7.55. The van der Waals surface area contributed by atoms with E-state index in [4.69, 9.17) is 19.5 Å². The third-order valence-corrected chi connectivity index (χ3v) is 9.54. The van der Waals surface area contributed by atoms with Crippen molar-refractivity contribution >= 4 is 46.4 Å². The van der Waals surface area contributed by atoms with Gasteiger partial charge in [-0.15, -0.1) is 0 Å². The number of aromatic nitrogens is 4. The number of nitrogen functional groups attached to an aromatic ring is 1. The summed E-state index contributed by atoms with van der Waals surface area (Å²) >= 11 is 0. The maximum atomic E-state index is 12.2. The third-order valence-electron chi connectivity index (χ3n) is 5.55. The van der Waals surface area contributed by atoms with Gasteiger partial charge in [0.1, 0.15) is 30.2 Å². The minimum absolute atomic E-state index is 0.0990. The first-order valence-electron chi connectivity index (χ1n) is 10.7. The molecular formula is C18H28N5O7PS2. The van der Waals surface area contributed by atoms with Crippen molar-refractivity contribution < 1.29 is 33.5 Å². The van der Waals surface area contributed by atoms with Gasteiger partial charge in [-0.3, -0.25) is 13.6 Å². The predicted octanol–water partition coefficient (Wildman–Crippen LogP) is 1.88. The van der Waals surface area contributed by atoms with E-state index < -0.39 is 39.0 Å². The molecule has 6 atom stereocenters. The Morgan fingerprint density at radius 1 is 1.21 bits per heavy atom. The molecule has 4 heterocycles. The SMILES string of the molecule is Nc1ncnc2c1ncn2[C@@H]1O[C@H](COP(=O)(O)OCCCCC[C@@H]2CCSS2)[C@@H](O)[C@H]1O. The van der Waals surface area contributed by atoms with Gasteiger partial charge in [0.05, 0.1) is 19.5 Å². The number of unbranched alkanes of at least 4 members (excludes halogenated alkanes) is 2. The summed E-state index contributed by atoms with van der Waals surface area (Å²) in [5, 5.41) is 21.5. The van der Waals surface area contributed by atoms with Crippen LogP contribution in [0.1, 0.15) is 38.3 Å². The van der Waals surface area contributed by atoms with Gasteiger partial charge in [0, 0.05) is 11.0 Å². The summed E-state index contributed by atoms with van der Waals surface area (Å²) in [6.45, 7) is -0.343. The standard InChI is InChI=1S/C18H28N5O7PS2/c19-16-13-17(21-9-20-16)23(10-22-13)18-15(25)14(24)12(30-18)8-29-31(26,27)28-6-3-1-2-4-11-5-7-32-33-11/h9-12,14-15,18,24-25H,1-8H2,(H,26,27)(H2,19,20,21)/t11-,12-,14-,15-,18-/m1/s1. The third kappa shape index (κ3) is 6.19. The summed E-state index contributed by atoms with van der Waals surface area (Å²) in [6, 6.07) is 0. The Kier molecular flexibility index (Phi) is 8.52. The van der Waals surface area contributed by atoms with Gasteiger partial charge in [0.2, 0.25) is 0 Å². The second-order valence-electron chi connectivity index (χ2n) is 7.91. The first kappa shape index (κ1) is 25.1. The number of aliphatic hydroxyl groups is 2. The van der Waals surface area contributed by atoms with Crippen molar-refractivity contribution in [3.05, 3.63) is 12.7 Å². The largest absolute Gasteiger partial charge is 0.472 e. The van der Waals surface area contributed by atoms with Gasteiger partial charge in [-0.25, -0.2) is 19.5 Å². The Labute approximate surface area is 198 Å². The molecule has 2 saturated heterocycles. The van der Waals surface area contributed by atoms with Crippen molar-refractivity contribution in [3.8, 4) is 0 Å². The van der Waals surface area contributed by atoms with E-state index in [9.17, 15) is 19.7 Å². The zero-order chi connectivity index (χ0) is 23.4. The molecule has 0 aliphatic carbocycles. The molecule has 0 radical (unpaired) electrons. The topological polar surface area (TPSA) is 175 Å². The Hall–Kier alpha value is -0.960.